The number of benzene rings is 4. The molecule has 0 radical (unpaired) electrons. The lowest BCUT2D eigenvalue weighted by Gasteiger charge is -2.33. The highest BCUT2D eigenvalue weighted by atomic mass is 32.2. The van der Waals surface area contributed by atoms with Crippen LogP contribution in [-0.2, 0) is 26.2 Å². The zero-order chi connectivity index (χ0) is 31.5. The molecule has 4 aromatic rings. The van der Waals surface area contributed by atoms with Crippen LogP contribution in [0, 0.1) is 5.92 Å². The molecule has 0 aliphatic heterocycles. The number of hydrogen-bond donors (Lipinski definition) is 1. The molecule has 0 unspecified atom stereocenters. The van der Waals surface area contributed by atoms with Gasteiger partial charge >= 0.3 is 0 Å². The summed E-state index contributed by atoms with van der Waals surface area (Å²) < 4.78 is 35.0. The molecule has 4 rings (SSSR count). The summed E-state index contributed by atoms with van der Waals surface area (Å²) in [6.07, 6.45) is 0.361. The predicted molar refractivity (Wildman–Crippen MR) is 173 cm³/mol. The Kier molecular flexibility index (Phi) is 11.2. The first kappa shape index (κ1) is 32.3. The number of amides is 2. The quantitative estimate of drug-likeness (QED) is 0.181. The molecule has 0 fully saturated rings. The van der Waals surface area contributed by atoms with E-state index in [1.54, 1.807) is 42.5 Å². The summed E-state index contributed by atoms with van der Waals surface area (Å²) in [5, 5.41) is 2.94. The highest BCUT2D eigenvalue weighted by Gasteiger charge is 2.33. The standard InChI is InChI=1S/C35H39N3O5S/c1-4-33(35(40)36-24-27(2)3)37(25-28-14-8-5-9-15-28)34(39)26-38(44(41,42)32-18-12-7-13-19-32)29-20-22-31(23-21-29)43-30-16-10-6-11-17-30/h5-23,27,33H,4,24-26H2,1-3H3,(H,36,40)/t33-/m1/s1. The molecule has 0 bridgehead atoms. The molecule has 0 aliphatic rings. The molecule has 0 spiro atoms. The molecular weight excluding hydrogens is 574 g/mol. The van der Waals surface area contributed by atoms with Crippen molar-refractivity contribution in [1.82, 2.24) is 10.2 Å². The van der Waals surface area contributed by atoms with E-state index in [0.717, 1.165) is 9.87 Å². The Bertz CT molecular complexity index is 1600. The fraction of sp³-hybridized carbons (Fsp3) is 0.257. The van der Waals surface area contributed by atoms with Crippen molar-refractivity contribution in [3.05, 3.63) is 121 Å². The fourth-order valence-electron chi connectivity index (χ4n) is 4.68. The van der Waals surface area contributed by atoms with Crippen LogP contribution in [0.1, 0.15) is 32.8 Å². The fourth-order valence-corrected chi connectivity index (χ4v) is 6.11. The van der Waals surface area contributed by atoms with E-state index in [4.69, 9.17) is 4.74 Å². The van der Waals surface area contributed by atoms with Crippen molar-refractivity contribution < 1.29 is 22.7 Å². The number of ether oxygens (including phenoxy) is 1. The van der Waals surface area contributed by atoms with Gasteiger partial charge in [-0.05, 0) is 66.4 Å². The van der Waals surface area contributed by atoms with Gasteiger partial charge in [-0.3, -0.25) is 13.9 Å². The number of hydrogen-bond acceptors (Lipinski definition) is 5. The summed E-state index contributed by atoms with van der Waals surface area (Å²) in [6.45, 7) is 5.95. The van der Waals surface area contributed by atoms with Crippen LogP contribution in [0.25, 0.3) is 0 Å². The van der Waals surface area contributed by atoms with Crippen LogP contribution in [0.2, 0.25) is 0 Å². The highest BCUT2D eigenvalue weighted by molar-refractivity contribution is 7.92. The van der Waals surface area contributed by atoms with Crippen LogP contribution in [-0.4, -0.2) is 44.3 Å². The van der Waals surface area contributed by atoms with E-state index in [9.17, 15) is 18.0 Å². The summed E-state index contributed by atoms with van der Waals surface area (Å²) >= 11 is 0. The van der Waals surface area contributed by atoms with Crippen molar-refractivity contribution in [2.75, 3.05) is 17.4 Å². The maximum absolute atomic E-state index is 14.2. The number of para-hydroxylation sites is 1. The molecule has 1 N–H and O–H groups in total. The third kappa shape index (κ3) is 8.48. The number of carbonyl (C=O) groups is 2. The van der Waals surface area contributed by atoms with Crippen molar-refractivity contribution in [2.45, 2.75) is 44.7 Å². The van der Waals surface area contributed by atoms with Crippen molar-refractivity contribution >= 4 is 27.5 Å². The Morgan fingerprint density at radius 1 is 0.773 bits per heavy atom. The largest absolute Gasteiger partial charge is 0.457 e. The molecule has 0 saturated heterocycles. The molecule has 8 nitrogen and oxygen atoms in total. The summed E-state index contributed by atoms with van der Waals surface area (Å²) in [4.78, 5) is 29.0. The number of rotatable bonds is 14. The molecule has 0 saturated carbocycles. The van der Waals surface area contributed by atoms with E-state index >= 15 is 0 Å². The topological polar surface area (TPSA) is 96.0 Å². The van der Waals surface area contributed by atoms with Gasteiger partial charge in [0.1, 0.15) is 24.1 Å². The van der Waals surface area contributed by atoms with Crippen LogP contribution < -0.4 is 14.4 Å². The second-order valence-electron chi connectivity index (χ2n) is 10.8. The van der Waals surface area contributed by atoms with Crippen LogP contribution in [0.3, 0.4) is 0 Å². The normalized spacial score (nSPS) is 11.9. The molecule has 230 valence electrons. The minimum atomic E-state index is -4.16. The SMILES string of the molecule is CC[C@H](C(=O)NCC(C)C)N(Cc1ccccc1)C(=O)CN(c1ccc(Oc2ccccc2)cc1)S(=O)(=O)c1ccccc1. The third-order valence-corrected chi connectivity index (χ3v) is 8.77. The van der Waals surface area contributed by atoms with Gasteiger partial charge in [-0.2, -0.15) is 0 Å². The molecule has 1 atom stereocenters. The number of anilines is 1. The average Bonchev–Trinajstić information content (AvgIpc) is 3.04. The van der Waals surface area contributed by atoms with Gasteiger partial charge in [0, 0.05) is 13.1 Å². The van der Waals surface area contributed by atoms with Gasteiger partial charge in [-0.15, -0.1) is 0 Å². The number of sulfonamides is 1. The maximum atomic E-state index is 14.2. The van der Waals surface area contributed by atoms with Gasteiger partial charge in [-0.1, -0.05) is 87.5 Å². The maximum Gasteiger partial charge on any atom is 0.264 e. The third-order valence-electron chi connectivity index (χ3n) is 6.98. The van der Waals surface area contributed by atoms with Gasteiger partial charge in [0.25, 0.3) is 10.0 Å². The van der Waals surface area contributed by atoms with Crippen molar-refractivity contribution in [2.24, 2.45) is 5.92 Å². The highest BCUT2D eigenvalue weighted by Crippen LogP contribution is 2.28. The van der Waals surface area contributed by atoms with E-state index in [0.29, 0.717) is 30.2 Å². The zero-order valence-corrected chi connectivity index (χ0v) is 26.1. The predicted octanol–water partition coefficient (Wildman–Crippen LogP) is 6.25. The summed E-state index contributed by atoms with van der Waals surface area (Å²) in [6, 6.07) is 32.4. The Morgan fingerprint density at radius 2 is 1.32 bits per heavy atom. The Balaban J connectivity index is 1.69. The first-order valence-electron chi connectivity index (χ1n) is 14.7. The number of nitrogens with zero attached hydrogens (tertiary/aromatic N) is 2. The van der Waals surface area contributed by atoms with Gasteiger partial charge in [0.2, 0.25) is 11.8 Å². The lowest BCUT2D eigenvalue weighted by atomic mass is 10.1. The van der Waals surface area contributed by atoms with E-state index in [-0.39, 0.29) is 23.3 Å². The second kappa shape index (κ2) is 15.2. The van der Waals surface area contributed by atoms with Gasteiger partial charge < -0.3 is 15.0 Å². The second-order valence-corrected chi connectivity index (χ2v) is 12.7. The van der Waals surface area contributed by atoms with Gasteiger partial charge in [-0.25, -0.2) is 8.42 Å². The summed E-state index contributed by atoms with van der Waals surface area (Å²) in [5.74, 6) is 0.619. The van der Waals surface area contributed by atoms with Crippen molar-refractivity contribution in [3.63, 3.8) is 0 Å². The van der Waals surface area contributed by atoms with Crippen LogP contribution in [0.4, 0.5) is 5.69 Å². The molecule has 9 heteroatoms. The zero-order valence-electron chi connectivity index (χ0n) is 25.3. The molecule has 2 amide bonds. The molecule has 0 heterocycles. The lowest BCUT2D eigenvalue weighted by Crippen LogP contribution is -2.52. The Morgan fingerprint density at radius 3 is 1.89 bits per heavy atom. The number of nitrogens with one attached hydrogen (secondary N) is 1. The minimum absolute atomic E-state index is 0.0498. The first-order chi connectivity index (χ1) is 21.2. The van der Waals surface area contributed by atoms with Crippen LogP contribution >= 0.6 is 0 Å². The van der Waals surface area contributed by atoms with E-state index in [1.165, 1.54) is 17.0 Å². The molecular formula is C35H39N3O5S. The molecule has 0 aromatic heterocycles. The average molecular weight is 614 g/mol. The van der Waals surface area contributed by atoms with Gasteiger partial charge in [0.15, 0.2) is 0 Å². The summed E-state index contributed by atoms with van der Waals surface area (Å²) in [5.41, 5.74) is 1.12. The Labute approximate surface area is 260 Å². The number of carbonyl (C=O) groups excluding carboxylic acids is 2. The molecule has 44 heavy (non-hydrogen) atoms. The lowest BCUT2D eigenvalue weighted by molar-refractivity contribution is -0.140. The van der Waals surface area contributed by atoms with Gasteiger partial charge in [0.05, 0.1) is 10.6 Å². The Hall–Kier alpha value is -4.63. The molecule has 0 aliphatic carbocycles. The van der Waals surface area contributed by atoms with Crippen LogP contribution in [0.5, 0.6) is 11.5 Å². The monoisotopic (exact) mass is 613 g/mol. The van der Waals surface area contributed by atoms with Crippen LogP contribution in [0.15, 0.2) is 120 Å². The van der Waals surface area contributed by atoms with E-state index < -0.39 is 28.5 Å². The minimum Gasteiger partial charge on any atom is -0.457 e. The van der Waals surface area contributed by atoms with Crippen molar-refractivity contribution in [1.29, 1.82) is 0 Å². The summed E-state index contributed by atoms with van der Waals surface area (Å²) in [7, 11) is -4.16. The van der Waals surface area contributed by atoms with E-state index in [2.05, 4.69) is 5.32 Å². The first-order valence-corrected chi connectivity index (χ1v) is 16.1. The van der Waals surface area contributed by atoms with E-state index in [1.807, 2.05) is 81.4 Å². The van der Waals surface area contributed by atoms with Crippen molar-refractivity contribution in [3.8, 4) is 11.5 Å². The smallest absolute Gasteiger partial charge is 0.264 e. The molecule has 4 aromatic carbocycles.